The quantitative estimate of drug-likeness (QED) is 0.352. The third-order valence-electron chi connectivity index (χ3n) is 3.59. The first-order valence-corrected chi connectivity index (χ1v) is 6.98. The summed E-state index contributed by atoms with van der Waals surface area (Å²) in [6.45, 7) is 6.79. The molecule has 0 amide bonds. The summed E-state index contributed by atoms with van der Waals surface area (Å²) in [5.74, 6) is -0.751. The molecule has 0 aliphatic heterocycles. The molecule has 0 bridgehead atoms. The van der Waals surface area contributed by atoms with E-state index >= 15 is 0 Å². The number of carbonyl (C=O) groups excluding carboxylic acids is 3. The molecule has 0 aliphatic rings. The maximum absolute atomic E-state index is 12.3. The van der Waals surface area contributed by atoms with Gasteiger partial charge in [-0.2, -0.15) is 0 Å². The van der Waals surface area contributed by atoms with E-state index in [9.17, 15) is 14.4 Å². The second kappa shape index (κ2) is 10.5. The second-order valence-corrected chi connectivity index (χ2v) is 5.00. The largest absolute Gasteiger partial charge is 0.298 e. The Labute approximate surface area is 131 Å². The molecule has 0 aromatic heterocycles. The van der Waals surface area contributed by atoms with Gasteiger partial charge in [-0.05, 0) is 26.7 Å². The van der Waals surface area contributed by atoms with Crippen LogP contribution in [0.2, 0.25) is 0 Å². The smallest absolute Gasteiger partial charge is 0.153 e. The number of carbonyl (C=O) groups is 3. The summed E-state index contributed by atoms with van der Waals surface area (Å²) < 4.78 is 0. The molecule has 0 saturated carbocycles. The summed E-state index contributed by atoms with van der Waals surface area (Å²) in [6, 6.07) is 0. The van der Waals surface area contributed by atoms with Crippen molar-refractivity contribution < 1.29 is 36.1 Å². The number of unbranched alkanes of at least 4 members (excludes halogenated alkanes) is 3. The molecule has 0 saturated heterocycles. The molecule has 0 rings (SSSR count). The summed E-state index contributed by atoms with van der Waals surface area (Å²) in [5, 5.41) is 0. The van der Waals surface area contributed by atoms with E-state index in [0.29, 0.717) is 12.8 Å². The molecule has 0 radical (unpaired) electrons. The van der Waals surface area contributed by atoms with Crippen molar-refractivity contribution in [3.8, 4) is 0 Å². The third kappa shape index (κ3) is 5.70. The Morgan fingerprint density at radius 3 is 1.68 bits per heavy atom. The molecular formula is C15H26O3Ti. The van der Waals surface area contributed by atoms with Crippen molar-refractivity contribution in [2.45, 2.75) is 72.6 Å². The van der Waals surface area contributed by atoms with Gasteiger partial charge in [-0.25, -0.2) is 0 Å². The molecule has 0 atom stereocenters. The van der Waals surface area contributed by atoms with Crippen LogP contribution in [0.5, 0.6) is 0 Å². The van der Waals surface area contributed by atoms with Gasteiger partial charge in [0.15, 0.2) is 17.3 Å². The zero-order chi connectivity index (χ0) is 14.2. The van der Waals surface area contributed by atoms with Gasteiger partial charge < -0.3 is 0 Å². The number of hydrogen-bond donors (Lipinski definition) is 0. The van der Waals surface area contributed by atoms with Crippen LogP contribution in [-0.4, -0.2) is 17.3 Å². The molecule has 0 fully saturated rings. The van der Waals surface area contributed by atoms with E-state index in [0.717, 1.165) is 32.1 Å². The van der Waals surface area contributed by atoms with Crippen molar-refractivity contribution in [1.29, 1.82) is 0 Å². The number of hydrogen-bond acceptors (Lipinski definition) is 3. The molecule has 0 spiro atoms. The second-order valence-electron chi connectivity index (χ2n) is 5.00. The maximum atomic E-state index is 12.3. The Bertz CT molecular complexity index is 297. The Kier molecular flexibility index (Phi) is 11.6. The van der Waals surface area contributed by atoms with Crippen molar-refractivity contribution in [1.82, 2.24) is 0 Å². The molecule has 4 heteroatoms. The van der Waals surface area contributed by atoms with E-state index in [2.05, 4.69) is 6.92 Å². The summed E-state index contributed by atoms with van der Waals surface area (Å²) in [6.07, 6.45) is 5.09. The van der Waals surface area contributed by atoms with Crippen LogP contribution in [0.15, 0.2) is 0 Å². The first-order chi connectivity index (χ1) is 8.43. The van der Waals surface area contributed by atoms with Crippen LogP contribution < -0.4 is 0 Å². The Morgan fingerprint density at radius 1 is 0.842 bits per heavy atom. The van der Waals surface area contributed by atoms with Crippen LogP contribution in [0.4, 0.5) is 0 Å². The molecule has 0 aliphatic carbocycles. The zero-order valence-electron chi connectivity index (χ0n) is 12.7. The minimum atomic E-state index is -1.36. The van der Waals surface area contributed by atoms with Crippen molar-refractivity contribution in [3.63, 3.8) is 0 Å². The van der Waals surface area contributed by atoms with Gasteiger partial charge in [-0.15, -0.1) is 0 Å². The van der Waals surface area contributed by atoms with E-state index in [1.165, 1.54) is 13.8 Å². The molecule has 108 valence electrons. The van der Waals surface area contributed by atoms with E-state index in [-0.39, 0.29) is 39.1 Å². The normalized spacial score (nSPS) is 10.7. The van der Waals surface area contributed by atoms with E-state index in [4.69, 9.17) is 0 Å². The molecule has 0 aromatic rings. The Balaban J connectivity index is 0. The monoisotopic (exact) mass is 302 g/mol. The SMILES string of the molecule is CCCCCC(=O)C(CCCC)(C(C)=O)C(C)=O.[Ti]. The van der Waals surface area contributed by atoms with Gasteiger partial charge in [-0.3, -0.25) is 14.4 Å². The fourth-order valence-electron chi connectivity index (χ4n) is 2.32. The summed E-state index contributed by atoms with van der Waals surface area (Å²) >= 11 is 0. The van der Waals surface area contributed by atoms with Crippen LogP contribution in [0.3, 0.4) is 0 Å². The molecule has 0 heterocycles. The molecule has 0 unspecified atom stereocenters. The van der Waals surface area contributed by atoms with Crippen LogP contribution in [0.25, 0.3) is 0 Å². The third-order valence-corrected chi connectivity index (χ3v) is 3.59. The maximum Gasteiger partial charge on any atom is 0.153 e. The van der Waals surface area contributed by atoms with Crippen LogP contribution in [0.1, 0.15) is 72.6 Å². The van der Waals surface area contributed by atoms with E-state index in [1.54, 1.807) is 0 Å². The minimum absolute atomic E-state index is 0. The minimum Gasteiger partial charge on any atom is -0.298 e. The molecule has 3 nitrogen and oxygen atoms in total. The van der Waals surface area contributed by atoms with Crippen LogP contribution in [-0.2, 0) is 36.1 Å². The molecule has 19 heavy (non-hydrogen) atoms. The van der Waals surface area contributed by atoms with Crippen LogP contribution in [0, 0.1) is 5.41 Å². The molecular weight excluding hydrogens is 276 g/mol. The van der Waals surface area contributed by atoms with E-state index in [1.807, 2.05) is 6.92 Å². The Hall–Kier alpha value is -0.276. The zero-order valence-corrected chi connectivity index (χ0v) is 14.2. The topological polar surface area (TPSA) is 51.2 Å². The van der Waals surface area contributed by atoms with Gasteiger partial charge in [0.2, 0.25) is 0 Å². The van der Waals surface area contributed by atoms with Crippen molar-refractivity contribution in [2.24, 2.45) is 5.41 Å². The fraction of sp³-hybridized carbons (Fsp3) is 0.800. The predicted molar refractivity (Wildman–Crippen MR) is 72.5 cm³/mol. The van der Waals surface area contributed by atoms with Crippen LogP contribution >= 0.6 is 0 Å². The standard InChI is InChI=1S/C15H26O3.Ti/c1-5-7-9-10-14(18)15(12(3)16,13(4)17)11-8-6-2;/h5-11H2,1-4H3;. The van der Waals surface area contributed by atoms with Crippen molar-refractivity contribution >= 4 is 17.3 Å². The Morgan fingerprint density at radius 2 is 1.32 bits per heavy atom. The average molecular weight is 302 g/mol. The van der Waals surface area contributed by atoms with Crippen molar-refractivity contribution in [3.05, 3.63) is 0 Å². The number of ketones is 3. The molecule has 0 N–H and O–H groups in total. The average Bonchev–Trinajstić information content (AvgIpc) is 2.29. The summed E-state index contributed by atoms with van der Waals surface area (Å²) in [5.41, 5.74) is -1.36. The number of Topliss-reactive ketones (excluding diaryl/α,β-unsaturated/α-hetero) is 3. The fourth-order valence-corrected chi connectivity index (χ4v) is 2.32. The van der Waals surface area contributed by atoms with Gasteiger partial charge in [0, 0.05) is 28.1 Å². The summed E-state index contributed by atoms with van der Waals surface area (Å²) in [7, 11) is 0. The van der Waals surface area contributed by atoms with Gasteiger partial charge in [0.05, 0.1) is 0 Å². The van der Waals surface area contributed by atoms with Gasteiger partial charge in [0.1, 0.15) is 5.41 Å². The van der Waals surface area contributed by atoms with E-state index < -0.39 is 5.41 Å². The number of rotatable bonds is 10. The summed E-state index contributed by atoms with van der Waals surface area (Å²) in [4.78, 5) is 36.0. The van der Waals surface area contributed by atoms with Gasteiger partial charge >= 0.3 is 0 Å². The first kappa shape index (κ1) is 21.0. The predicted octanol–water partition coefficient (Wildman–Crippen LogP) is 3.49. The first-order valence-electron chi connectivity index (χ1n) is 6.98. The van der Waals surface area contributed by atoms with Gasteiger partial charge in [-0.1, -0.05) is 39.5 Å². The van der Waals surface area contributed by atoms with Gasteiger partial charge in [0.25, 0.3) is 0 Å². The van der Waals surface area contributed by atoms with Crippen molar-refractivity contribution in [2.75, 3.05) is 0 Å². The molecule has 0 aromatic carbocycles.